The van der Waals surface area contributed by atoms with Crippen molar-refractivity contribution in [1.29, 1.82) is 0 Å². The number of aryl methyl sites for hydroxylation is 1. The fourth-order valence-corrected chi connectivity index (χ4v) is 3.51. The van der Waals surface area contributed by atoms with E-state index < -0.39 is 0 Å². The molecule has 0 radical (unpaired) electrons. The van der Waals surface area contributed by atoms with Gasteiger partial charge in [0.1, 0.15) is 0 Å². The van der Waals surface area contributed by atoms with Crippen LogP contribution in [0, 0.1) is 0 Å². The molecular weight excluding hydrogens is 409 g/mol. The monoisotopic (exact) mass is 419 g/mol. The van der Waals surface area contributed by atoms with Crippen molar-refractivity contribution in [2.75, 3.05) is 0 Å². The van der Waals surface area contributed by atoms with Crippen molar-refractivity contribution in [1.82, 2.24) is 23.7 Å². The fraction of sp³-hybridized carbons (Fsp3) is 0.250. The van der Waals surface area contributed by atoms with Crippen LogP contribution in [0.25, 0.3) is 22.3 Å². The van der Waals surface area contributed by atoms with Crippen LogP contribution in [0.15, 0.2) is 24.7 Å². The number of nitrogens with zero attached hydrogens (tertiary/aromatic N) is 5. The predicted octanol–water partition coefficient (Wildman–Crippen LogP) is 4.20. The minimum Gasteiger partial charge on any atom is -0.272 e. The highest BCUT2D eigenvalue weighted by atomic mass is 127. The Balaban J connectivity index is 2.16. The van der Waals surface area contributed by atoms with E-state index in [1.165, 1.54) is 0 Å². The van der Waals surface area contributed by atoms with E-state index in [-0.39, 0.29) is 5.28 Å². The highest BCUT2D eigenvalue weighted by molar-refractivity contribution is 14.2. The van der Waals surface area contributed by atoms with Crippen LogP contribution in [0.3, 0.4) is 0 Å². The van der Waals surface area contributed by atoms with Gasteiger partial charge in [0.15, 0.2) is 5.65 Å². The molecule has 5 nitrogen and oxygen atoms in total. The number of rotatable bonds is 4. The Labute approximate surface area is 137 Å². The van der Waals surface area contributed by atoms with E-state index in [0.717, 1.165) is 35.3 Å². The van der Waals surface area contributed by atoms with Gasteiger partial charge in [-0.1, -0.05) is 6.92 Å². The van der Waals surface area contributed by atoms with Crippen LogP contribution in [0.2, 0.25) is 5.28 Å². The molecule has 0 atom stereocenters. The summed E-state index contributed by atoms with van der Waals surface area (Å²) in [6, 6.07) is 2.00. The molecule has 0 fully saturated rings. The lowest BCUT2D eigenvalue weighted by Crippen LogP contribution is -1.95. The van der Waals surface area contributed by atoms with Crippen molar-refractivity contribution in [2.24, 2.45) is 0 Å². The quantitative estimate of drug-likeness (QED) is 0.470. The Morgan fingerprint density at radius 3 is 3.00 bits per heavy atom. The van der Waals surface area contributed by atoms with Gasteiger partial charge in [-0.2, -0.15) is 10.1 Å². The van der Waals surface area contributed by atoms with E-state index >= 15 is 0 Å². The van der Waals surface area contributed by atoms with Crippen molar-refractivity contribution in [2.45, 2.75) is 19.9 Å². The van der Waals surface area contributed by atoms with Crippen molar-refractivity contribution >= 4 is 53.0 Å². The molecule has 20 heavy (non-hydrogen) atoms. The zero-order valence-electron chi connectivity index (χ0n) is 10.6. The van der Waals surface area contributed by atoms with Crippen LogP contribution in [-0.2, 0) is 6.54 Å². The fourth-order valence-electron chi connectivity index (χ4n) is 2.08. The van der Waals surface area contributed by atoms with E-state index in [4.69, 9.17) is 11.6 Å². The first-order valence-corrected chi connectivity index (χ1v) is 9.79. The molecule has 0 aliphatic carbocycles. The van der Waals surface area contributed by atoms with Crippen LogP contribution in [0.1, 0.15) is 13.3 Å². The van der Waals surface area contributed by atoms with E-state index in [1.807, 2.05) is 33.3 Å². The average Bonchev–Trinajstić information content (AvgIpc) is 3.04. The van der Waals surface area contributed by atoms with Crippen molar-refractivity contribution in [3.05, 3.63) is 29.9 Å². The van der Waals surface area contributed by atoms with Crippen molar-refractivity contribution in [3.63, 3.8) is 0 Å². The molecule has 0 amide bonds. The topological polar surface area (TPSA) is 48.5 Å². The minimum absolute atomic E-state index is 0.251. The molecule has 3 aromatic heterocycles. The van der Waals surface area contributed by atoms with Crippen LogP contribution < -0.4 is 0 Å². The smallest absolute Gasteiger partial charge is 0.224 e. The zero-order chi connectivity index (χ0) is 14.1. The molecule has 3 aromatic rings. The van der Waals surface area contributed by atoms with Gasteiger partial charge in [-0.25, -0.2) is 4.98 Å². The molecule has 0 bridgehead atoms. The Morgan fingerprint density at radius 2 is 2.25 bits per heavy atom. The maximum absolute atomic E-state index is 6.05. The summed E-state index contributed by atoms with van der Waals surface area (Å²) in [7, 11) is 1.55. The van der Waals surface area contributed by atoms with Crippen LogP contribution in [-0.4, -0.2) is 23.7 Å². The Bertz CT molecular complexity index is 753. The number of hydrogen-bond acceptors (Lipinski definition) is 4. The summed E-state index contributed by atoms with van der Waals surface area (Å²) in [4.78, 5) is 8.67. The second-order valence-corrected chi connectivity index (χ2v) is 6.33. The highest BCUT2D eigenvalue weighted by Gasteiger charge is 2.14. The van der Waals surface area contributed by atoms with Crippen LogP contribution >= 0.6 is 41.9 Å². The first-order valence-electron chi connectivity index (χ1n) is 6.09. The van der Waals surface area contributed by atoms with Gasteiger partial charge >= 0.3 is 0 Å². The zero-order valence-corrected chi connectivity index (χ0v) is 14.4. The predicted molar refractivity (Wildman–Crippen MR) is 91.1 cm³/mol. The van der Waals surface area contributed by atoms with Gasteiger partial charge in [0, 0.05) is 60.2 Å². The molecular formula is C12H11ClIN5S. The largest absolute Gasteiger partial charge is 0.272 e. The molecule has 0 aliphatic heterocycles. The summed E-state index contributed by atoms with van der Waals surface area (Å²) in [5.41, 5.74) is 2.61. The molecule has 8 heteroatoms. The lowest BCUT2D eigenvalue weighted by Gasteiger charge is -2.02. The average molecular weight is 420 g/mol. The van der Waals surface area contributed by atoms with Gasteiger partial charge < -0.3 is 0 Å². The molecule has 0 N–H and O–H groups in total. The normalized spacial score (nSPS) is 11.3. The lowest BCUT2D eigenvalue weighted by atomic mass is 10.2. The van der Waals surface area contributed by atoms with E-state index in [2.05, 4.69) is 43.2 Å². The minimum atomic E-state index is 0.251. The first-order chi connectivity index (χ1) is 9.72. The Morgan fingerprint density at radius 1 is 1.40 bits per heavy atom. The summed E-state index contributed by atoms with van der Waals surface area (Å²) >= 11 is 8.26. The third kappa shape index (κ3) is 2.53. The number of halogens is 2. The first kappa shape index (κ1) is 14.2. The molecule has 0 aliphatic rings. The van der Waals surface area contributed by atoms with Gasteiger partial charge in [0.2, 0.25) is 5.28 Å². The third-order valence-electron chi connectivity index (χ3n) is 2.92. The summed E-state index contributed by atoms with van der Waals surface area (Å²) < 4.78 is 3.88. The molecule has 0 aromatic carbocycles. The summed E-state index contributed by atoms with van der Waals surface area (Å²) in [5.74, 6) is 0. The SMILES string of the molecule is CCCn1cc(-c2nc(Cl)nc3c2ccn3SI)cn1. The highest BCUT2D eigenvalue weighted by Crippen LogP contribution is 2.31. The maximum Gasteiger partial charge on any atom is 0.224 e. The maximum atomic E-state index is 6.05. The molecule has 0 saturated heterocycles. The number of fused-ring (bicyclic) bond motifs is 1. The van der Waals surface area contributed by atoms with E-state index in [0.29, 0.717) is 0 Å². The van der Waals surface area contributed by atoms with E-state index in [9.17, 15) is 0 Å². The van der Waals surface area contributed by atoms with Crippen LogP contribution in [0.4, 0.5) is 0 Å². The summed E-state index contributed by atoms with van der Waals surface area (Å²) in [5, 5.41) is 5.58. The van der Waals surface area contributed by atoms with Gasteiger partial charge in [-0.15, -0.1) is 0 Å². The molecule has 0 saturated carbocycles. The summed E-state index contributed by atoms with van der Waals surface area (Å²) in [6.07, 6.45) is 6.83. The molecule has 0 unspecified atom stereocenters. The Kier molecular flexibility index (Phi) is 4.18. The third-order valence-corrected chi connectivity index (χ3v) is 4.80. The van der Waals surface area contributed by atoms with Gasteiger partial charge in [0.25, 0.3) is 0 Å². The Hall–Kier alpha value is -0.800. The molecule has 0 spiro atoms. The molecule has 104 valence electrons. The van der Waals surface area contributed by atoms with Gasteiger partial charge in [-0.3, -0.25) is 8.65 Å². The second-order valence-electron chi connectivity index (χ2n) is 4.28. The van der Waals surface area contributed by atoms with E-state index in [1.54, 1.807) is 9.12 Å². The van der Waals surface area contributed by atoms with Crippen LogP contribution in [0.5, 0.6) is 0 Å². The lowest BCUT2D eigenvalue weighted by molar-refractivity contribution is 0.603. The van der Waals surface area contributed by atoms with Gasteiger partial charge in [0.05, 0.1) is 11.9 Å². The van der Waals surface area contributed by atoms with Gasteiger partial charge in [-0.05, 0) is 24.1 Å². The summed E-state index contributed by atoms with van der Waals surface area (Å²) in [6.45, 7) is 3.02. The van der Waals surface area contributed by atoms with Crippen molar-refractivity contribution in [3.8, 4) is 11.3 Å². The molecule has 3 heterocycles. The molecule has 3 rings (SSSR count). The number of hydrogen-bond donors (Lipinski definition) is 0. The standard InChI is InChI=1S/C12H11ClIN5S/c1-2-4-18-7-8(6-15-18)10-9-3-5-19(20-14)11(9)17-12(13)16-10/h3,5-7H,2,4H2,1H3. The van der Waals surface area contributed by atoms with Crippen molar-refractivity contribution < 1.29 is 0 Å². The second kappa shape index (κ2) is 5.90. The number of aromatic nitrogens is 5.